The highest BCUT2D eigenvalue weighted by atomic mass is 32.1. The number of hydrogen-bond acceptors (Lipinski definition) is 8. The van der Waals surface area contributed by atoms with Crippen molar-refractivity contribution in [1.29, 1.82) is 0 Å². The van der Waals surface area contributed by atoms with Gasteiger partial charge in [0.25, 0.3) is 5.91 Å². The van der Waals surface area contributed by atoms with Crippen molar-refractivity contribution in [1.82, 2.24) is 15.6 Å². The predicted octanol–water partition coefficient (Wildman–Crippen LogP) is 5.27. The van der Waals surface area contributed by atoms with E-state index in [1.807, 2.05) is 69.0 Å². The van der Waals surface area contributed by atoms with E-state index in [1.165, 1.54) is 11.3 Å². The number of ether oxygens (including phenoxy) is 3. The van der Waals surface area contributed by atoms with Gasteiger partial charge in [-0.15, -0.1) is 11.3 Å². The van der Waals surface area contributed by atoms with E-state index in [1.54, 1.807) is 0 Å². The summed E-state index contributed by atoms with van der Waals surface area (Å²) in [5.74, 6) is 0.887. The smallest absolute Gasteiger partial charge is 0.407 e. The Morgan fingerprint density at radius 2 is 1.86 bits per heavy atom. The number of rotatable bonds is 12. The van der Waals surface area contributed by atoms with E-state index < -0.39 is 11.7 Å². The summed E-state index contributed by atoms with van der Waals surface area (Å²) in [6, 6.07) is 13.7. The molecule has 1 fully saturated rings. The molecule has 11 heteroatoms. The summed E-state index contributed by atoms with van der Waals surface area (Å²) in [5.41, 5.74) is 4.28. The molecule has 0 saturated heterocycles. The number of anilines is 1. The number of nitrogens with zero attached hydrogens (tertiary/aromatic N) is 2. The summed E-state index contributed by atoms with van der Waals surface area (Å²) in [4.78, 5) is 44.8. The summed E-state index contributed by atoms with van der Waals surface area (Å²) in [7, 11) is 0. The lowest BCUT2D eigenvalue weighted by atomic mass is 10.1. The zero-order valence-electron chi connectivity index (χ0n) is 25.7. The van der Waals surface area contributed by atoms with Gasteiger partial charge in [0.2, 0.25) is 5.91 Å². The van der Waals surface area contributed by atoms with E-state index in [9.17, 15) is 14.4 Å². The number of aryl methyl sites for hydroxylation is 1. The van der Waals surface area contributed by atoms with Gasteiger partial charge >= 0.3 is 6.09 Å². The minimum atomic E-state index is -0.537. The zero-order chi connectivity index (χ0) is 31.3. The van der Waals surface area contributed by atoms with E-state index in [0.717, 1.165) is 58.8 Å². The third-order valence-electron chi connectivity index (χ3n) is 7.19. The number of aromatic nitrogens is 1. The second-order valence-electron chi connectivity index (χ2n) is 12.0. The number of fused-ring (bicyclic) bond motifs is 1. The Kier molecular flexibility index (Phi) is 9.85. The number of benzene rings is 2. The molecule has 44 heavy (non-hydrogen) atoms. The Morgan fingerprint density at radius 1 is 1.05 bits per heavy atom. The molecule has 0 spiro atoms. The second-order valence-corrected chi connectivity index (χ2v) is 13.2. The minimum Gasteiger partial charge on any atom is -0.491 e. The van der Waals surface area contributed by atoms with Crippen molar-refractivity contribution < 1.29 is 28.6 Å². The Morgan fingerprint density at radius 3 is 2.64 bits per heavy atom. The number of thiazole rings is 1. The first-order chi connectivity index (χ1) is 21.1. The highest BCUT2D eigenvalue weighted by Gasteiger charge is 2.36. The first-order valence-corrected chi connectivity index (χ1v) is 15.9. The molecule has 1 aliphatic heterocycles. The quantitative estimate of drug-likeness (QED) is 0.265. The molecule has 2 aromatic carbocycles. The van der Waals surface area contributed by atoms with Crippen molar-refractivity contribution in [3.05, 3.63) is 63.5 Å². The highest BCUT2D eigenvalue weighted by molar-refractivity contribution is 7.14. The van der Waals surface area contributed by atoms with Gasteiger partial charge in [0, 0.05) is 41.7 Å². The first kappa shape index (κ1) is 31.5. The molecule has 10 nitrogen and oxygen atoms in total. The van der Waals surface area contributed by atoms with Crippen molar-refractivity contribution in [2.24, 2.45) is 5.92 Å². The molecule has 2 N–H and O–H groups in total. The van der Waals surface area contributed by atoms with Crippen LogP contribution in [0.5, 0.6) is 5.75 Å². The molecule has 1 aromatic heterocycles. The van der Waals surface area contributed by atoms with Gasteiger partial charge in [-0.3, -0.25) is 9.59 Å². The summed E-state index contributed by atoms with van der Waals surface area (Å²) in [6.07, 6.45) is 2.36. The molecule has 1 aliphatic carbocycles. The van der Waals surface area contributed by atoms with Crippen LogP contribution in [-0.4, -0.2) is 61.4 Å². The van der Waals surface area contributed by atoms with E-state index in [4.69, 9.17) is 14.2 Å². The third-order valence-corrected chi connectivity index (χ3v) is 8.16. The summed E-state index contributed by atoms with van der Waals surface area (Å²) >= 11 is 1.37. The maximum atomic E-state index is 13.0. The molecule has 2 heterocycles. The molecule has 3 aromatic rings. The fraction of sp³-hybridized carbons (Fsp3) is 0.455. The van der Waals surface area contributed by atoms with E-state index in [-0.39, 0.29) is 17.7 Å². The molecule has 5 rings (SSSR count). The topological polar surface area (TPSA) is 119 Å². The Hall–Kier alpha value is -3.96. The van der Waals surface area contributed by atoms with Crippen molar-refractivity contribution >= 4 is 34.9 Å². The lowest BCUT2D eigenvalue weighted by molar-refractivity contribution is -0.119. The number of carbonyl (C=O) groups is 3. The zero-order valence-corrected chi connectivity index (χ0v) is 26.6. The Bertz CT molecular complexity index is 1510. The van der Waals surface area contributed by atoms with Gasteiger partial charge in [-0.05, 0) is 82.3 Å². The van der Waals surface area contributed by atoms with Gasteiger partial charge in [-0.25, -0.2) is 9.78 Å². The van der Waals surface area contributed by atoms with Crippen molar-refractivity contribution in [3.8, 4) is 17.0 Å². The maximum Gasteiger partial charge on any atom is 0.407 e. The van der Waals surface area contributed by atoms with Gasteiger partial charge in [0.15, 0.2) is 5.01 Å². The molecule has 0 bridgehead atoms. The third kappa shape index (κ3) is 8.35. The summed E-state index contributed by atoms with van der Waals surface area (Å²) in [6.45, 7) is 9.88. The minimum absolute atomic E-state index is 0.199. The van der Waals surface area contributed by atoms with E-state index >= 15 is 0 Å². The van der Waals surface area contributed by atoms with Gasteiger partial charge in [0.1, 0.15) is 18.0 Å². The van der Waals surface area contributed by atoms with Gasteiger partial charge in [-0.2, -0.15) is 0 Å². The first-order valence-electron chi connectivity index (χ1n) is 15.0. The van der Waals surface area contributed by atoms with Crippen LogP contribution in [0.3, 0.4) is 0 Å². The number of amides is 3. The average Bonchev–Trinajstić information content (AvgIpc) is 3.63. The van der Waals surface area contributed by atoms with E-state index in [0.29, 0.717) is 43.7 Å². The maximum absolute atomic E-state index is 13.0. The largest absolute Gasteiger partial charge is 0.491 e. The Labute approximate surface area is 262 Å². The SMILES string of the molecule is Cc1sc(C(=O)NCc2cccc(OCCOCCNC(=O)OC(C)(C)C)c2)nc1-c1ccc2c(c1)CCN2C(=O)C1CC1. The molecule has 1 saturated carbocycles. The molecule has 2 aliphatic rings. The molecular formula is C33H40N4O6S. The standard InChI is InChI=1S/C33H40N4O6S/c1-21-28(25-10-11-27-24(19-25)12-14-37(27)31(39)23-8-9-23)36-30(44-21)29(38)35-20-22-6-5-7-26(18-22)42-17-16-41-15-13-34-32(40)43-33(2,3)4/h5-7,10-11,18-19,23H,8-9,12-17,20H2,1-4H3,(H,34,40)(H,35,38). The fourth-order valence-electron chi connectivity index (χ4n) is 4.95. The van der Waals surface area contributed by atoms with Crippen LogP contribution in [0.2, 0.25) is 0 Å². The van der Waals surface area contributed by atoms with Crippen LogP contribution >= 0.6 is 11.3 Å². The summed E-state index contributed by atoms with van der Waals surface area (Å²) < 4.78 is 16.5. The number of nitrogens with one attached hydrogen (secondary N) is 2. The fourth-order valence-corrected chi connectivity index (χ4v) is 5.81. The Balaban J connectivity index is 1.07. The van der Waals surface area contributed by atoms with Gasteiger partial charge in [0.05, 0.1) is 18.9 Å². The number of carbonyl (C=O) groups excluding carboxylic acids is 3. The number of hydrogen-bond donors (Lipinski definition) is 2. The molecule has 0 unspecified atom stereocenters. The molecule has 3 amide bonds. The number of alkyl carbamates (subject to hydrolysis) is 1. The molecule has 234 valence electrons. The predicted molar refractivity (Wildman–Crippen MR) is 169 cm³/mol. The second kappa shape index (κ2) is 13.8. The summed E-state index contributed by atoms with van der Waals surface area (Å²) in [5, 5.41) is 6.02. The van der Waals surface area contributed by atoms with Crippen molar-refractivity contribution in [2.45, 2.75) is 59.1 Å². The molecule has 0 atom stereocenters. The monoisotopic (exact) mass is 620 g/mol. The van der Waals surface area contributed by atoms with Crippen LogP contribution in [-0.2, 0) is 27.2 Å². The van der Waals surface area contributed by atoms with Crippen LogP contribution in [0.25, 0.3) is 11.3 Å². The van der Waals surface area contributed by atoms with Crippen molar-refractivity contribution in [2.75, 3.05) is 37.8 Å². The van der Waals surface area contributed by atoms with Crippen LogP contribution in [0.1, 0.15) is 59.4 Å². The van der Waals surface area contributed by atoms with Gasteiger partial charge < -0.3 is 29.7 Å². The van der Waals surface area contributed by atoms with Gasteiger partial charge in [-0.1, -0.05) is 18.2 Å². The lowest BCUT2D eigenvalue weighted by Gasteiger charge is -2.19. The van der Waals surface area contributed by atoms with Crippen LogP contribution in [0, 0.1) is 12.8 Å². The van der Waals surface area contributed by atoms with Crippen LogP contribution in [0.4, 0.5) is 10.5 Å². The van der Waals surface area contributed by atoms with E-state index in [2.05, 4.69) is 21.7 Å². The van der Waals surface area contributed by atoms with Crippen LogP contribution in [0.15, 0.2) is 42.5 Å². The average molecular weight is 621 g/mol. The van der Waals surface area contributed by atoms with Crippen molar-refractivity contribution in [3.63, 3.8) is 0 Å². The molecule has 0 radical (unpaired) electrons. The highest BCUT2D eigenvalue weighted by Crippen LogP contribution is 2.38. The van der Waals surface area contributed by atoms with Crippen LogP contribution < -0.4 is 20.3 Å². The molecular weight excluding hydrogens is 580 g/mol. The normalized spacial score (nSPS) is 14.2. The lowest BCUT2D eigenvalue weighted by Crippen LogP contribution is -2.34.